The van der Waals surface area contributed by atoms with Crippen LogP contribution in [0.2, 0.25) is 0 Å². The largest absolute Gasteiger partial charge is 0.361 e. The van der Waals surface area contributed by atoms with E-state index in [2.05, 4.69) is 32.4 Å². The third-order valence-corrected chi connectivity index (χ3v) is 3.71. The van der Waals surface area contributed by atoms with Crippen molar-refractivity contribution in [2.24, 2.45) is 0 Å². The molecule has 3 aromatic rings. The fourth-order valence-corrected chi connectivity index (χ4v) is 2.51. The maximum Gasteiger partial charge on any atom is 0.252 e. The van der Waals surface area contributed by atoms with Gasteiger partial charge in [0.2, 0.25) is 5.95 Å². The zero-order chi connectivity index (χ0) is 15.5. The van der Waals surface area contributed by atoms with Crippen LogP contribution in [0.3, 0.4) is 0 Å². The summed E-state index contributed by atoms with van der Waals surface area (Å²) in [7, 11) is 0. The zero-order valence-corrected chi connectivity index (χ0v) is 12.8. The second-order valence-corrected chi connectivity index (χ2v) is 5.71. The van der Waals surface area contributed by atoms with Crippen LogP contribution in [0.25, 0.3) is 10.9 Å². The lowest BCUT2D eigenvalue weighted by molar-refractivity contribution is 0.808. The van der Waals surface area contributed by atoms with Gasteiger partial charge < -0.3 is 10.3 Å². The number of aromatic amines is 2. The number of hydrogen-bond donors (Lipinski definition) is 3. The molecule has 22 heavy (non-hydrogen) atoms. The second-order valence-electron chi connectivity index (χ2n) is 5.71. The van der Waals surface area contributed by atoms with E-state index >= 15 is 0 Å². The molecular weight excluding hydrogens is 276 g/mol. The molecule has 0 radical (unpaired) electrons. The molecule has 2 aromatic heterocycles. The van der Waals surface area contributed by atoms with Gasteiger partial charge in [-0.3, -0.25) is 9.78 Å². The van der Waals surface area contributed by atoms with Crippen LogP contribution >= 0.6 is 0 Å². The molecule has 0 aliphatic rings. The van der Waals surface area contributed by atoms with Crippen LogP contribution < -0.4 is 10.9 Å². The van der Waals surface area contributed by atoms with Gasteiger partial charge in [0.1, 0.15) is 0 Å². The number of benzene rings is 1. The number of H-pyrrole nitrogens is 2. The highest BCUT2D eigenvalue weighted by Crippen LogP contribution is 2.18. The molecule has 0 saturated heterocycles. The van der Waals surface area contributed by atoms with E-state index in [1.165, 1.54) is 10.9 Å². The van der Waals surface area contributed by atoms with Gasteiger partial charge >= 0.3 is 0 Å². The predicted molar refractivity (Wildman–Crippen MR) is 89.4 cm³/mol. The van der Waals surface area contributed by atoms with E-state index in [1.54, 1.807) is 6.07 Å². The maximum atomic E-state index is 11.6. The molecule has 0 unspecified atom stereocenters. The lowest BCUT2D eigenvalue weighted by Gasteiger charge is -2.08. The van der Waals surface area contributed by atoms with Gasteiger partial charge in [-0.25, -0.2) is 4.98 Å². The van der Waals surface area contributed by atoms with Crippen LogP contribution in [0, 0.1) is 0 Å². The Balaban J connectivity index is 1.69. The van der Waals surface area contributed by atoms with E-state index in [9.17, 15) is 4.79 Å². The number of fused-ring (bicyclic) bond motifs is 1. The van der Waals surface area contributed by atoms with Gasteiger partial charge in [0.15, 0.2) is 0 Å². The Hall–Kier alpha value is -2.56. The first-order chi connectivity index (χ1) is 10.6. The number of nitrogens with one attached hydrogen (secondary N) is 3. The normalized spacial score (nSPS) is 11.2. The highest BCUT2D eigenvalue weighted by Gasteiger charge is 2.06. The van der Waals surface area contributed by atoms with Gasteiger partial charge in [-0.2, -0.15) is 0 Å². The van der Waals surface area contributed by atoms with Crippen LogP contribution in [-0.2, 0) is 6.42 Å². The third kappa shape index (κ3) is 3.03. The van der Waals surface area contributed by atoms with Gasteiger partial charge in [0.25, 0.3) is 5.56 Å². The Morgan fingerprint density at radius 1 is 1.27 bits per heavy atom. The lowest BCUT2D eigenvalue weighted by atomic mass is 10.1. The van der Waals surface area contributed by atoms with Crippen LogP contribution in [0.4, 0.5) is 5.95 Å². The molecule has 2 heterocycles. The van der Waals surface area contributed by atoms with Gasteiger partial charge in [-0.15, -0.1) is 0 Å². The Kier molecular flexibility index (Phi) is 3.96. The van der Waals surface area contributed by atoms with E-state index in [4.69, 9.17) is 0 Å². The predicted octanol–water partition coefficient (Wildman–Crippen LogP) is 3.03. The summed E-state index contributed by atoms with van der Waals surface area (Å²) in [6.07, 6.45) is 2.90. The molecule has 3 N–H and O–H groups in total. The van der Waals surface area contributed by atoms with Crippen molar-refractivity contribution in [3.05, 3.63) is 58.1 Å². The van der Waals surface area contributed by atoms with Crippen molar-refractivity contribution in [1.29, 1.82) is 0 Å². The number of rotatable bonds is 5. The first kappa shape index (κ1) is 14.4. The van der Waals surface area contributed by atoms with E-state index in [1.807, 2.05) is 32.2 Å². The molecule has 0 aliphatic heterocycles. The van der Waals surface area contributed by atoms with Crippen LogP contribution in [0.5, 0.6) is 0 Å². The first-order valence-corrected chi connectivity index (χ1v) is 7.53. The van der Waals surface area contributed by atoms with E-state index in [0.717, 1.165) is 17.6 Å². The van der Waals surface area contributed by atoms with E-state index in [0.29, 0.717) is 12.5 Å². The quantitative estimate of drug-likeness (QED) is 0.677. The Bertz CT molecular complexity index is 832. The van der Waals surface area contributed by atoms with Gasteiger partial charge in [-0.1, -0.05) is 32.0 Å². The molecule has 0 spiro atoms. The average Bonchev–Trinajstić information content (AvgIpc) is 2.90. The minimum Gasteiger partial charge on any atom is -0.361 e. The summed E-state index contributed by atoms with van der Waals surface area (Å²) in [6, 6.07) is 9.79. The monoisotopic (exact) mass is 296 g/mol. The SMILES string of the molecule is CC(C)c1cc(=O)[nH]c(NCCc2c[nH]c3ccccc23)n1. The molecule has 0 bridgehead atoms. The summed E-state index contributed by atoms with van der Waals surface area (Å²) in [6.45, 7) is 4.77. The molecule has 0 atom stereocenters. The van der Waals surface area contributed by atoms with Crippen molar-refractivity contribution >= 4 is 16.9 Å². The Morgan fingerprint density at radius 3 is 2.91 bits per heavy atom. The van der Waals surface area contributed by atoms with Crippen molar-refractivity contribution in [3.63, 3.8) is 0 Å². The van der Waals surface area contributed by atoms with Crippen molar-refractivity contribution in [1.82, 2.24) is 15.0 Å². The highest BCUT2D eigenvalue weighted by atomic mass is 16.1. The summed E-state index contributed by atoms with van der Waals surface area (Å²) in [5, 5.41) is 4.44. The Labute approximate surface area is 128 Å². The van der Waals surface area contributed by atoms with Gasteiger partial charge in [0, 0.05) is 29.7 Å². The summed E-state index contributed by atoms with van der Waals surface area (Å²) in [4.78, 5) is 22.1. The summed E-state index contributed by atoms with van der Waals surface area (Å²) < 4.78 is 0. The first-order valence-electron chi connectivity index (χ1n) is 7.53. The fraction of sp³-hybridized carbons (Fsp3) is 0.294. The van der Waals surface area contributed by atoms with E-state index < -0.39 is 0 Å². The number of nitrogens with zero attached hydrogens (tertiary/aromatic N) is 1. The van der Waals surface area contributed by atoms with Crippen molar-refractivity contribution in [2.75, 3.05) is 11.9 Å². The number of anilines is 1. The van der Waals surface area contributed by atoms with Crippen LogP contribution in [0.15, 0.2) is 41.3 Å². The van der Waals surface area contributed by atoms with Gasteiger partial charge in [-0.05, 0) is 24.0 Å². The number of aromatic nitrogens is 3. The molecule has 0 saturated carbocycles. The molecule has 0 aliphatic carbocycles. The van der Waals surface area contributed by atoms with Crippen LogP contribution in [0.1, 0.15) is 31.0 Å². The highest BCUT2D eigenvalue weighted by molar-refractivity contribution is 5.83. The van der Waals surface area contributed by atoms with E-state index in [-0.39, 0.29) is 11.5 Å². The zero-order valence-electron chi connectivity index (χ0n) is 12.8. The minimum atomic E-state index is -0.117. The second kappa shape index (κ2) is 6.05. The van der Waals surface area contributed by atoms with Crippen molar-refractivity contribution in [2.45, 2.75) is 26.2 Å². The molecule has 1 aromatic carbocycles. The van der Waals surface area contributed by atoms with Crippen molar-refractivity contribution < 1.29 is 0 Å². The standard InChI is InChI=1S/C17H20N4O/c1-11(2)15-9-16(22)21-17(20-15)18-8-7-12-10-19-14-6-4-3-5-13(12)14/h3-6,9-11,19H,7-8H2,1-2H3,(H2,18,20,21,22). The van der Waals surface area contributed by atoms with Gasteiger partial charge in [0.05, 0.1) is 5.69 Å². The molecule has 5 nitrogen and oxygen atoms in total. The van der Waals surface area contributed by atoms with Crippen LogP contribution in [-0.4, -0.2) is 21.5 Å². The summed E-state index contributed by atoms with van der Waals surface area (Å²) >= 11 is 0. The number of hydrogen-bond acceptors (Lipinski definition) is 3. The summed E-state index contributed by atoms with van der Waals surface area (Å²) in [5.74, 6) is 0.771. The average molecular weight is 296 g/mol. The molecule has 114 valence electrons. The topological polar surface area (TPSA) is 73.6 Å². The minimum absolute atomic E-state index is 0.117. The number of para-hydroxylation sites is 1. The summed E-state index contributed by atoms with van der Waals surface area (Å²) in [5.41, 5.74) is 3.09. The third-order valence-electron chi connectivity index (χ3n) is 3.71. The molecule has 3 rings (SSSR count). The molecular formula is C17H20N4O. The smallest absolute Gasteiger partial charge is 0.252 e. The maximum absolute atomic E-state index is 11.6. The lowest BCUT2D eigenvalue weighted by Crippen LogP contribution is -2.16. The Morgan fingerprint density at radius 2 is 2.09 bits per heavy atom. The molecule has 0 amide bonds. The van der Waals surface area contributed by atoms with Crippen molar-refractivity contribution in [3.8, 4) is 0 Å². The molecule has 0 fully saturated rings. The molecule has 5 heteroatoms. The fourth-order valence-electron chi connectivity index (χ4n) is 2.51.